The number of hydrogen-bond donors (Lipinski definition) is 3. The zero-order chi connectivity index (χ0) is 23.8. The topological polar surface area (TPSA) is 107 Å². The molecule has 0 saturated carbocycles. The van der Waals surface area contributed by atoms with Crippen molar-refractivity contribution in [1.82, 2.24) is 15.3 Å². The van der Waals surface area contributed by atoms with Gasteiger partial charge in [-0.2, -0.15) is 0 Å². The van der Waals surface area contributed by atoms with E-state index in [1.807, 2.05) is 42.5 Å². The molecule has 0 spiro atoms. The van der Waals surface area contributed by atoms with Gasteiger partial charge in [-0.1, -0.05) is 24.3 Å². The van der Waals surface area contributed by atoms with Crippen molar-refractivity contribution in [3.05, 3.63) is 84.3 Å². The Morgan fingerprint density at radius 3 is 2.29 bits per heavy atom. The van der Waals surface area contributed by atoms with Crippen LogP contribution in [0.15, 0.2) is 73.1 Å². The molecule has 1 unspecified atom stereocenters. The molecule has 1 saturated heterocycles. The Hall–Kier alpha value is -3.94. The highest BCUT2D eigenvalue weighted by molar-refractivity contribution is 5.94. The summed E-state index contributed by atoms with van der Waals surface area (Å²) < 4.78 is 0. The third-order valence-electron chi connectivity index (χ3n) is 6.09. The highest BCUT2D eigenvalue weighted by Gasteiger charge is 2.23. The maximum absolute atomic E-state index is 12.3. The third kappa shape index (κ3) is 6.31. The van der Waals surface area contributed by atoms with Gasteiger partial charge in [-0.05, 0) is 60.7 Å². The van der Waals surface area contributed by atoms with Gasteiger partial charge in [-0.3, -0.25) is 9.78 Å². The molecule has 3 N–H and O–H groups in total. The maximum atomic E-state index is 12.3. The molecule has 8 heteroatoms. The summed E-state index contributed by atoms with van der Waals surface area (Å²) in [5.41, 5.74) is 2.18. The predicted molar refractivity (Wildman–Crippen MR) is 131 cm³/mol. The number of benzene rings is 1. The number of hydrogen-bond acceptors (Lipinski definition) is 6. The number of nitrogens with one attached hydrogen (secondary N) is 2. The molecule has 176 valence electrons. The summed E-state index contributed by atoms with van der Waals surface area (Å²) >= 11 is 0. The van der Waals surface area contributed by atoms with Crippen LogP contribution in [0.1, 0.15) is 28.9 Å². The van der Waals surface area contributed by atoms with Gasteiger partial charge < -0.3 is 20.6 Å². The van der Waals surface area contributed by atoms with Crippen molar-refractivity contribution in [3.8, 4) is 0 Å². The standard InChI is InChI=1S/C26H29N5O3/c32-25(22-5-1-3-13-27-22)30-23(26(33)34)17-19-7-9-21(10-8-19)31-15-11-20(12-16-31)18-29-24-6-2-4-14-28-24/h1-10,13-14,20,23H,11-12,15-18H2,(H,28,29)(H,30,32)(H,33,34). The summed E-state index contributed by atoms with van der Waals surface area (Å²) in [6.45, 7) is 2.88. The molecule has 1 aromatic carbocycles. The van der Waals surface area contributed by atoms with Crippen LogP contribution in [0.3, 0.4) is 0 Å². The number of carbonyl (C=O) groups excluding carboxylic acids is 1. The summed E-state index contributed by atoms with van der Waals surface area (Å²) in [7, 11) is 0. The molecular weight excluding hydrogens is 430 g/mol. The average Bonchev–Trinajstić information content (AvgIpc) is 2.89. The molecule has 34 heavy (non-hydrogen) atoms. The van der Waals surface area contributed by atoms with Crippen LogP contribution < -0.4 is 15.5 Å². The Balaban J connectivity index is 1.27. The minimum absolute atomic E-state index is 0.197. The number of aliphatic carboxylic acids is 1. The van der Waals surface area contributed by atoms with Gasteiger partial charge in [0.15, 0.2) is 0 Å². The Morgan fingerprint density at radius 1 is 0.971 bits per heavy atom. The number of pyridine rings is 2. The fourth-order valence-electron chi connectivity index (χ4n) is 4.12. The van der Waals surface area contributed by atoms with Crippen molar-refractivity contribution < 1.29 is 14.7 Å². The first kappa shape index (κ1) is 23.2. The second-order valence-corrected chi connectivity index (χ2v) is 8.48. The lowest BCUT2D eigenvalue weighted by Crippen LogP contribution is -2.42. The number of aromatic nitrogens is 2. The summed E-state index contributed by atoms with van der Waals surface area (Å²) in [6.07, 6.45) is 5.70. The molecule has 0 radical (unpaired) electrons. The van der Waals surface area contributed by atoms with E-state index in [1.54, 1.807) is 24.4 Å². The van der Waals surface area contributed by atoms with E-state index in [0.29, 0.717) is 5.92 Å². The molecule has 1 aliphatic rings. The van der Waals surface area contributed by atoms with Crippen LogP contribution in [0.5, 0.6) is 0 Å². The molecule has 0 aliphatic carbocycles. The first-order valence-electron chi connectivity index (χ1n) is 11.5. The molecule has 3 aromatic rings. The molecule has 3 heterocycles. The lowest BCUT2D eigenvalue weighted by atomic mass is 9.96. The molecule has 1 fully saturated rings. The lowest BCUT2D eigenvalue weighted by Gasteiger charge is -2.34. The minimum atomic E-state index is -1.07. The van der Waals surface area contributed by atoms with Crippen molar-refractivity contribution in [2.75, 3.05) is 29.9 Å². The van der Waals surface area contributed by atoms with E-state index >= 15 is 0 Å². The number of piperidine rings is 1. The molecule has 8 nitrogen and oxygen atoms in total. The van der Waals surface area contributed by atoms with Crippen LogP contribution in [-0.2, 0) is 11.2 Å². The van der Waals surface area contributed by atoms with Crippen LogP contribution in [-0.4, -0.2) is 52.6 Å². The summed E-state index contributed by atoms with van der Waals surface area (Å²) in [5.74, 6) is -0.0484. The second kappa shape index (κ2) is 11.3. The zero-order valence-electron chi connectivity index (χ0n) is 18.9. The van der Waals surface area contributed by atoms with Crippen LogP contribution >= 0.6 is 0 Å². The normalized spacial score (nSPS) is 14.9. The Morgan fingerprint density at radius 2 is 1.68 bits per heavy atom. The third-order valence-corrected chi connectivity index (χ3v) is 6.09. The first-order chi connectivity index (χ1) is 16.6. The molecule has 0 bridgehead atoms. The van der Waals surface area contributed by atoms with Gasteiger partial charge in [0.05, 0.1) is 0 Å². The van der Waals surface area contributed by atoms with E-state index < -0.39 is 17.9 Å². The number of carbonyl (C=O) groups is 2. The second-order valence-electron chi connectivity index (χ2n) is 8.48. The highest BCUT2D eigenvalue weighted by Crippen LogP contribution is 2.24. The summed E-state index contributed by atoms with van der Waals surface area (Å²) in [6, 6.07) is 17.7. The van der Waals surface area contributed by atoms with Gasteiger partial charge >= 0.3 is 5.97 Å². The number of rotatable bonds is 9. The van der Waals surface area contributed by atoms with Gasteiger partial charge in [0, 0.05) is 44.1 Å². The molecule has 1 aliphatic heterocycles. The Kier molecular flexibility index (Phi) is 7.70. The number of carboxylic acids is 1. The SMILES string of the molecule is O=C(NC(Cc1ccc(N2CCC(CNc3ccccn3)CC2)cc1)C(=O)O)c1ccccn1. The van der Waals surface area contributed by atoms with Crippen LogP contribution in [0.4, 0.5) is 11.5 Å². The summed E-state index contributed by atoms with van der Waals surface area (Å²) in [4.78, 5) is 34.7. The van der Waals surface area contributed by atoms with Gasteiger partial charge in [-0.15, -0.1) is 0 Å². The van der Waals surface area contributed by atoms with Crippen LogP contribution in [0.25, 0.3) is 0 Å². The van der Waals surface area contributed by atoms with Gasteiger partial charge in [0.2, 0.25) is 0 Å². The monoisotopic (exact) mass is 459 g/mol. The van der Waals surface area contributed by atoms with E-state index in [0.717, 1.165) is 49.5 Å². The van der Waals surface area contributed by atoms with Crippen molar-refractivity contribution >= 4 is 23.4 Å². The molecule has 2 aromatic heterocycles. The average molecular weight is 460 g/mol. The molecule has 1 amide bonds. The van der Waals surface area contributed by atoms with Crippen molar-refractivity contribution in [2.24, 2.45) is 5.92 Å². The van der Waals surface area contributed by atoms with Crippen molar-refractivity contribution in [3.63, 3.8) is 0 Å². The Bertz CT molecular complexity index is 1070. The van der Waals surface area contributed by atoms with E-state index in [9.17, 15) is 14.7 Å². The molecular formula is C26H29N5O3. The number of carboxylic acid groups (broad SMARTS) is 1. The van der Waals surface area contributed by atoms with Crippen LogP contribution in [0.2, 0.25) is 0 Å². The fraction of sp³-hybridized carbons (Fsp3) is 0.308. The van der Waals surface area contributed by atoms with E-state index in [-0.39, 0.29) is 12.1 Å². The fourth-order valence-corrected chi connectivity index (χ4v) is 4.12. The predicted octanol–water partition coefficient (Wildman–Crippen LogP) is 3.23. The van der Waals surface area contributed by atoms with Crippen LogP contribution in [0, 0.1) is 5.92 Å². The number of amides is 1. The van der Waals surface area contributed by atoms with Gasteiger partial charge in [0.1, 0.15) is 17.6 Å². The first-order valence-corrected chi connectivity index (χ1v) is 11.5. The number of anilines is 2. The quantitative estimate of drug-likeness (QED) is 0.451. The lowest BCUT2D eigenvalue weighted by molar-refractivity contribution is -0.139. The molecule has 4 rings (SSSR count). The van der Waals surface area contributed by atoms with Gasteiger partial charge in [-0.25, -0.2) is 9.78 Å². The highest BCUT2D eigenvalue weighted by atomic mass is 16.4. The zero-order valence-corrected chi connectivity index (χ0v) is 18.9. The summed E-state index contributed by atoms with van der Waals surface area (Å²) in [5, 5.41) is 15.6. The van der Waals surface area contributed by atoms with Crippen molar-refractivity contribution in [2.45, 2.75) is 25.3 Å². The van der Waals surface area contributed by atoms with E-state index in [1.165, 1.54) is 6.20 Å². The smallest absolute Gasteiger partial charge is 0.326 e. The minimum Gasteiger partial charge on any atom is -0.480 e. The van der Waals surface area contributed by atoms with E-state index in [2.05, 4.69) is 25.5 Å². The number of nitrogens with zero attached hydrogens (tertiary/aromatic N) is 3. The Labute approximate surface area is 199 Å². The van der Waals surface area contributed by atoms with Gasteiger partial charge in [0.25, 0.3) is 5.91 Å². The largest absolute Gasteiger partial charge is 0.480 e. The van der Waals surface area contributed by atoms with Crippen molar-refractivity contribution in [1.29, 1.82) is 0 Å². The maximum Gasteiger partial charge on any atom is 0.326 e. The molecule has 1 atom stereocenters. The van der Waals surface area contributed by atoms with E-state index in [4.69, 9.17) is 0 Å².